The van der Waals surface area contributed by atoms with E-state index in [0.717, 1.165) is 25.1 Å². The Morgan fingerprint density at radius 3 is 2.65 bits per heavy atom. The van der Waals surface area contributed by atoms with Gasteiger partial charge in [0.1, 0.15) is 5.69 Å². The molecule has 0 spiro atoms. The normalized spacial score (nSPS) is 12.4. The molecule has 1 aromatic rings. The molecule has 20 heavy (non-hydrogen) atoms. The highest BCUT2D eigenvalue weighted by Gasteiger charge is 2.14. The van der Waals surface area contributed by atoms with Crippen LogP contribution in [0.25, 0.3) is 0 Å². The summed E-state index contributed by atoms with van der Waals surface area (Å²) in [6.07, 6.45) is 1.16. The zero-order valence-corrected chi connectivity index (χ0v) is 12.8. The molecule has 0 aliphatic carbocycles. The highest BCUT2D eigenvalue weighted by molar-refractivity contribution is 5.62. The highest BCUT2D eigenvalue weighted by Crippen LogP contribution is 2.25. The molecule has 5 heteroatoms. The third kappa shape index (κ3) is 4.81. The first-order valence-electron chi connectivity index (χ1n) is 7.17. The van der Waals surface area contributed by atoms with Gasteiger partial charge in [0.25, 0.3) is 5.69 Å². The Labute approximate surface area is 121 Å². The van der Waals surface area contributed by atoms with Gasteiger partial charge in [0.2, 0.25) is 0 Å². The van der Waals surface area contributed by atoms with E-state index >= 15 is 0 Å². The summed E-state index contributed by atoms with van der Waals surface area (Å²) in [4.78, 5) is 12.9. The van der Waals surface area contributed by atoms with Gasteiger partial charge < -0.3 is 10.2 Å². The zero-order valence-electron chi connectivity index (χ0n) is 12.8. The van der Waals surface area contributed by atoms with Gasteiger partial charge in [-0.1, -0.05) is 26.3 Å². The Hall–Kier alpha value is -1.62. The van der Waals surface area contributed by atoms with E-state index < -0.39 is 0 Å². The molecule has 0 radical (unpaired) electrons. The van der Waals surface area contributed by atoms with Crippen LogP contribution >= 0.6 is 0 Å². The quantitative estimate of drug-likeness (QED) is 0.584. The molecule has 0 saturated carbocycles. The number of rotatable bonds is 8. The molecule has 0 aliphatic rings. The molecule has 0 saturated heterocycles. The average molecular weight is 279 g/mol. The fourth-order valence-electron chi connectivity index (χ4n) is 2.21. The molecule has 5 nitrogen and oxygen atoms in total. The molecule has 1 rings (SSSR count). The van der Waals surface area contributed by atoms with Crippen LogP contribution in [0.15, 0.2) is 18.2 Å². The molecular formula is C15H25N3O2. The molecule has 0 aromatic heterocycles. The molecular weight excluding hydrogens is 254 g/mol. The van der Waals surface area contributed by atoms with Crippen molar-refractivity contribution >= 4 is 11.4 Å². The second-order valence-electron chi connectivity index (χ2n) is 5.35. The number of benzene rings is 1. The minimum Gasteiger partial charge on any atom is -0.380 e. The summed E-state index contributed by atoms with van der Waals surface area (Å²) >= 11 is 0. The smallest absolute Gasteiger partial charge is 0.292 e. The van der Waals surface area contributed by atoms with Gasteiger partial charge in [0.05, 0.1) is 4.92 Å². The Kier molecular flexibility index (Phi) is 6.45. The van der Waals surface area contributed by atoms with Crippen LogP contribution in [0.4, 0.5) is 11.4 Å². The van der Waals surface area contributed by atoms with E-state index in [1.165, 1.54) is 0 Å². The maximum Gasteiger partial charge on any atom is 0.292 e. The highest BCUT2D eigenvalue weighted by atomic mass is 16.6. The third-order valence-corrected chi connectivity index (χ3v) is 3.40. The van der Waals surface area contributed by atoms with Crippen molar-refractivity contribution in [3.05, 3.63) is 33.9 Å². The van der Waals surface area contributed by atoms with Crippen molar-refractivity contribution in [1.82, 2.24) is 4.90 Å². The Balaban J connectivity index is 2.81. The van der Waals surface area contributed by atoms with Gasteiger partial charge in [-0.3, -0.25) is 10.1 Å². The first kappa shape index (κ1) is 16.4. The van der Waals surface area contributed by atoms with Crippen molar-refractivity contribution in [2.75, 3.05) is 25.5 Å². The molecule has 1 aromatic carbocycles. The lowest BCUT2D eigenvalue weighted by Crippen LogP contribution is -2.23. The van der Waals surface area contributed by atoms with Crippen molar-refractivity contribution < 1.29 is 4.92 Å². The number of nitrogens with one attached hydrogen (secondary N) is 1. The van der Waals surface area contributed by atoms with Gasteiger partial charge in [0.15, 0.2) is 0 Å². The minimum atomic E-state index is -0.343. The molecule has 0 heterocycles. The van der Waals surface area contributed by atoms with Gasteiger partial charge >= 0.3 is 0 Å². The number of nitrogens with zero attached hydrogens (tertiary/aromatic N) is 2. The molecule has 1 N–H and O–H groups in total. The number of hydrogen-bond donors (Lipinski definition) is 1. The van der Waals surface area contributed by atoms with Gasteiger partial charge in [-0.15, -0.1) is 0 Å². The van der Waals surface area contributed by atoms with E-state index in [0.29, 0.717) is 18.2 Å². The van der Waals surface area contributed by atoms with Crippen LogP contribution in [-0.4, -0.2) is 30.0 Å². The summed E-state index contributed by atoms with van der Waals surface area (Å²) in [6, 6.07) is 5.31. The summed E-state index contributed by atoms with van der Waals surface area (Å²) < 4.78 is 0. The third-order valence-electron chi connectivity index (χ3n) is 3.40. The second-order valence-corrected chi connectivity index (χ2v) is 5.35. The molecule has 1 unspecified atom stereocenters. The maximum atomic E-state index is 11.0. The van der Waals surface area contributed by atoms with Crippen molar-refractivity contribution in [3.8, 4) is 0 Å². The van der Waals surface area contributed by atoms with Crippen LogP contribution in [-0.2, 0) is 6.54 Å². The van der Waals surface area contributed by atoms with Gasteiger partial charge in [-0.25, -0.2) is 0 Å². The van der Waals surface area contributed by atoms with E-state index in [1.807, 2.05) is 19.1 Å². The van der Waals surface area contributed by atoms with E-state index in [9.17, 15) is 10.1 Å². The van der Waals surface area contributed by atoms with Crippen molar-refractivity contribution in [2.45, 2.75) is 33.7 Å². The standard InChI is InChI=1S/C15H25N3O2/c1-5-12(3)10-17(4)11-13-7-8-15(18(19)20)14(9-13)16-6-2/h7-9,12,16H,5-6,10-11H2,1-4H3. The monoisotopic (exact) mass is 279 g/mol. The Morgan fingerprint density at radius 2 is 2.10 bits per heavy atom. The molecule has 0 aliphatic heterocycles. The molecule has 112 valence electrons. The SMILES string of the molecule is CCNc1cc(CN(C)CC(C)CC)ccc1[N+](=O)[O-]. The Bertz CT molecular complexity index is 449. The lowest BCUT2D eigenvalue weighted by Gasteiger charge is -2.20. The molecule has 0 bridgehead atoms. The molecule has 0 amide bonds. The topological polar surface area (TPSA) is 58.4 Å². The number of nitro groups is 1. The first-order chi connectivity index (χ1) is 9.47. The largest absolute Gasteiger partial charge is 0.380 e. The van der Waals surface area contributed by atoms with E-state index in [2.05, 4.69) is 31.1 Å². The lowest BCUT2D eigenvalue weighted by molar-refractivity contribution is -0.384. The van der Waals surface area contributed by atoms with Gasteiger partial charge in [-0.05, 0) is 31.5 Å². The Morgan fingerprint density at radius 1 is 1.40 bits per heavy atom. The zero-order chi connectivity index (χ0) is 15.1. The fraction of sp³-hybridized carbons (Fsp3) is 0.600. The summed E-state index contributed by atoms with van der Waals surface area (Å²) in [6.45, 7) is 8.87. The van der Waals surface area contributed by atoms with Crippen LogP contribution in [0.3, 0.4) is 0 Å². The summed E-state index contributed by atoms with van der Waals surface area (Å²) in [5, 5.41) is 14.0. The van der Waals surface area contributed by atoms with Crippen molar-refractivity contribution in [2.24, 2.45) is 5.92 Å². The van der Waals surface area contributed by atoms with Crippen LogP contribution in [0, 0.1) is 16.0 Å². The minimum absolute atomic E-state index is 0.139. The second kappa shape index (κ2) is 7.85. The predicted octanol–water partition coefficient (Wildman–Crippen LogP) is 3.50. The number of hydrogen-bond acceptors (Lipinski definition) is 4. The predicted molar refractivity (Wildman–Crippen MR) is 83.0 cm³/mol. The van der Waals surface area contributed by atoms with Crippen LogP contribution in [0.5, 0.6) is 0 Å². The lowest BCUT2D eigenvalue weighted by atomic mass is 10.1. The molecule has 0 fully saturated rings. The van der Waals surface area contributed by atoms with Crippen LogP contribution < -0.4 is 5.32 Å². The van der Waals surface area contributed by atoms with Crippen LogP contribution in [0.1, 0.15) is 32.8 Å². The van der Waals surface area contributed by atoms with Crippen LogP contribution in [0.2, 0.25) is 0 Å². The van der Waals surface area contributed by atoms with E-state index in [1.54, 1.807) is 6.07 Å². The summed E-state index contributed by atoms with van der Waals surface area (Å²) in [5.41, 5.74) is 1.84. The van der Waals surface area contributed by atoms with Crippen molar-refractivity contribution in [3.63, 3.8) is 0 Å². The summed E-state index contributed by atoms with van der Waals surface area (Å²) in [7, 11) is 2.08. The number of nitro benzene ring substituents is 1. The molecule has 1 atom stereocenters. The number of anilines is 1. The van der Waals surface area contributed by atoms with E-state index in [-0.39, 0.29) is 10.6 Å². The first-order valence-corrected chi connectivity index (χ1v) is 7.17. The van der Waals surface area contributed by atoms with Gasteiger partial charge in [0, 0.05) is 25.7 Å². The fourth-order valence-corrected chi connectivity index (χ4v) is 2.21. The van der Waals surface area contributed by atoms with Gasteiger partial charge in [-0.2, -0.15) is 0 Å². The van der Waals surface area contributed by atoms with E-state index in [4.69, 9.17) is 0 Å². The average Bonchev–Trinajstić information content (AvgIpc) is 2.38. The summed E-state index contributed by atoms with van der Waals surface area (Å²) in [5.74, 6) is 0.659. The van der Waals surface area contributed by atoms with Crippen molar-refractivity contribution in [1.29, 1.82) is 0 Å². The maximum absolute atomic E-state index is 11.0.